The highest BCUT2D eigenvalue weighted by atomic mass is 16.5. The molecule has 1 amide bonds. The maximum absolute atomic E-state index is 12.3. The molecule has 6 heteroatoms. The van der Waals surface area contributed by atoms with Crippen LogP contribution in [0.2, 0.25) is 0 Å². The maximum atomic E-state index is 12.3. The van der Waals surface area contributed by atoms with Crippen molar-refractivity contribution < 1.29 is 14.6 Å². The first-order chi connectivity index (χ1) is 12.2. The maximum Gasteiger partial charge on any atom is 0.234 e. The molecule has 1 heterocycles. The minimum Gasteiger partial charge on any atom is -0.393 e. The fourth-order valence-electron chi connectivity index (χ4n) is 3.80. The molecule has 0 aromatic heterocycles. The summed E-state index contributed by atoms with van der Waals surface area (Å²) in [7, 11) is 0. The molecule has 3 rings (SSSR count). The number of aliphatic hydroxyl groups is 1. The Morgan fingerprint density at radius 3 is 2.84 bits per heavy atom. The average Bonchev–Trinajstić information content (AvgIpc) is 3.07. The number of hydrogen-bond donors (Lipinski definition) is 2. The van der Waals surface area contributed by atoms with E-state index < -0.39 is 0 Å². The van der Waals surface area contributed by atoms with E-state index in [0.29, 0.717) is 31.9 Å². The molecule has 3 atom stereocenters. The van der Waals surface area contributed by atoms with Crippen LogP contribution in [-0.2, 0) is 16.1 Å². The average molecular weight is 343 g/mol. The summed E-state index contributed by atoms with van der Waals surface area (Å²) in [6.07, 6.45) is 2.61. The summed E-state index contributed by atoms with van der Waals surface area (Å²) < 4.78 is 5.59. The van der Waals surface area contributed by atoms with E-state index in [9.17, 15) is 9.90 Å². The van der Waals surface area contributed by atoms with Gasteiger partial charge in [0.2, 0.25) is 5.91 Å². The van der Waals surface area contributed by atoms with E-state index in [1.165, 1.54) is 0 Å². The highest BCUT2D eigenvalue weighted by molar-refractivity contribution is 5.78. The molecule has 1 aliphatic carbocycles. The second-order valence-electron chi connectivity index (χ2n) is 6.86. The van der Waals surface area contributed by atoms with E-state index in [-0.39, 0.29) is 24.0 Å². The molecule has 2 fully saturated rings. The van der Waals surface area contributed by atoms with Gasteiger partial charge in [0.05, 0.1) is 37.5 Å². The van der Waals surface area contributed by atoms with Gasteiger partial charge in [-0.2, -0.15) is 5.26 Å². The van der Waals surface area contributed by atoms with E-state index in [0.717, 1.165) is 31.4 Å². The molecule has 1 aliphatic heterocycles. The minimum absolute atomic E-state index is 0.0243. The number of ether oxygens (including phenoxy) is 1. The Kier molecular flexibility index (Phi) is 6.03. The first-order valence-corrected chi connectivity index (χ1v) is 8.93. The predicted octanol–water partition coefficient (Wildman–Crippen LogP) is 1.04. The summed E-state index contributed by atoms with van der Waals surface area (Å²) in [5.41, 5.74) is 1.58. The highest BCUT2D eigenvalue weighted by Gasteiger charge is 2.38. The molecule has 1 saturated carbocycles. The number of nitriles is 1. The quantitative estimate of drug-likeness (QED) is 0.834. The van der Waals surface area contributed by atoms with Crippen molar-refractivity contribution in [2.45, 2.75) is 38.0 Å². The third kappa shape index (κ3) is 4.57. The van der Waals surface area contributed by atoms with E-state index in [1.807, 2.05) is 12.1 Å². The van der Waals surface area contributed by atoms with Crippen LogP contribution in [0.5, 0.6) is 0 Å². The monoisotopic (exact) mass is 343 g/mol. The zero-order chi connectivity index (χ0) is 17.6. The van der Waals surface area contributed by atoms with E-state index in [2.05, 4.69) is 16.3 Å². The van der Waals surface area contributed by atoms with E-state index in [1.54, 1.807) is 12.1 Å². The van der Waals surface area contributed by atoms with Gasteiger partial charge in [-0.1, -0.05) is 18.6 Å². The fraction of sp³-hybridized carbons (Fsp3) is 0.579. The van der Waals surface area contributed by atoms with Gasteiger partial charge < -0.3 is 15.2 Å². The van der Waals surface area contributed by atoms with Crippen LogP contribution in [0.1, 0.15) is 30.4 Å². The van der Waals surface area contributed by atoms with Crippen molar-refractivity contribution in [3.63, 3.8) is 0 Å². The second kappa shape index (κ2) is 8.43. The van der Waals surface area contributed by atoms with Crippen molar-refractivity contribution >= 4 is 5.91 Å². The third-order valence-electron chi connectivity index (χ3n) is 5.23. The van der Waals surface area contributed by atoms with Crippen LogP contribution in [0.25, 0.3) is 0 Å². The number of aliphatic hydroxyl groups excluding tert-OH is 1. The van der Waals surface area contributed by atoms with Crippen molar-refractivity contribution in [3.05, 3.63) is 35.4 Å². The smallest absolute Gasteiger partial charge is 0.234 e. The van der Waals surface area contributed by atoms with Crippen LogP contribution in [-0.4, -0.2) is 54.4 Å². The lowest BCUT2D eigenvalue weighted by Gasteiger charge is -2.39. The molecule has 2 N–H and O–H groups in total. The minimum atomic E-state index is -0.282. The van der Waals surface area contributed by atoms with Crippen LogP contribution in [0.4, 0.5) is 0 Å². The Balaban J connectivity index is 1.52. The zero-order valence-electron chi connectivity index (χ0n) is 14.4. The highest BCUT2D eigenvalue weighted by Crippen LogP contribution is 2.32. The first-order valence-electron chi connectivity index (χ1n) is 8.93. The Morgan fingerprint density at radius 2 is 2.16 bits per heavy atom. The topological polar surface area (TPSA) is 85.6 Å². The second-order valence-corrected chi connectivity index (χ2v) is 6.86. The Morgan fingerprint density at radius 1 is 1.36 bits per heavy atom. The van der Waals surface area contributed by atoms with Gasteiger partial charge in [-0.15, -0.1) is 0 Å². The van der Waals surface area contributed by atoms with Crippen molar-refractivity contribution in [1.29, 1.82) is 5.26 Å². The fourth-order valence-corrected chi connectivity index (χ4v) is 3.80. The normalized spacial score (nSPS) is 27.0. The number of nitrogens with zero attached hydrogens (tertiary/aromatic N) is 2. The zero-order valence-corrected chi connectivity index (χ0v) is 14.4. The lowest BCUT2D eigenvalue weighted by atomic mass is 9.94. The SMILES string of the molecule is N#Cc1ccc(CNC(=O)CN2CCOC[C@@H]2[C@@H]2CCC[C@H]2O)cc1. The number of hydrogen-bond acceptors (Lipinski definition) is 5. The Hall–Kier alpha value is -1.94. The number of benzene rings is 1. The van der Waals surface area contributed by atoms with Crippen LogP contribution in [0.3, 0.4) is 0 Å². The van der Waals surface area contributed by atoms with Gasteiger partial charge in [0.1, 0.15) is 0 Å². The van der Waals surface area contributed by atoms with Gasteiger partial charge >= 0.3 is 0 Å². The molecule has 0 unspecified atom stereocenters. The number of nitrogens with one attached hydrogen (secondary N) is 1. The summed E-state index contributed by atoms with van der Waals surface area (Å²) in [5.74, 6) is 0.176. The van der Waals surface area contributed by atoms with Crippen molar-refractivity contribution in [2.24, 2.45) is 5.92 Å². The Labute approximate surface area is 148 Å². The Bertz CT molecular complexity index is 626. The van der Waals surface area contributed by atoms with Crippen molar-refractivity contribution in [3.8, 4) is 6.07 Å². The molecule has 1 aromatic rings. The number of rotatable bonds is 5. The molecular weight excluding hydrogens is 318 g/mol. The molecule has 0 spiro atoms. The number of carbonyl (C=O) groups excluding carboxylic acids is 1. The summed E-state index contributed by atoms with van der Waals surface area (Å²) >= 11 is 0. The molecule has 134 valence electrons. The van der Waals surface area contributed by atoms with E-state index in [4.69, 9.17) is 10.00 Å². The summed E-state index contributed by atoms with van der Waals surface area (Å²) in [6.45, 7) is 2.71. The molecule has 2 aliphatic rings. The molecular formula is C19H25N3O3. The summed E-state index contributed by atoms with van der Waals surface area (Å²) in [6, 6.07) is 9.41. The molecule has 6 nitrogen and oxygen atoms in total. The van der Waals surface area contributed by atoms with Crippen LogP contribution in [0, 0.1) is 17.2 Å². The number of amides is 1. The van der Waals surface area contributed by atoms with Gasteiger partial charge in [-0.3, -0.25) is 9.69 Å². The predicted molar refractivity (Wildman–Crippen MR) is 92.5 cm³/mol. The van der Waals surface area contributed by atoms with Crippen molar-refractivity contribution in [2.75, 3.05) is 26.3 Å². The lowest BCUT2D eigenvalue weighted by Crippen LogP contribution is -2.53. The summed E-state index contributed by atoms with van der Waals surface area (Å²) in [5, 5.41) is 21.9. The van der Waals surface area contributed by atoms with Gasteiger partial charge in [0, 0.05) is 25.0 Å². The number of carbonyl (C=O) groups is 1. The first kappa shape index (κ1) is 17.9. The van der Waals surface area contributed by atoms with Gasteiger partial charge in [-0.05, 0) is 30.5 Å². The van der Waals surface area contributed by atoms with E-state index >= 15 is 0 Å². The van der Waals surface area contributed by atoms with Gasteiger partial charge in [0.15, 0.2) is 0 Å². The third-order valence-corrected chi connectivity index (χ3v) is 5.23. The number of morpholine rings is 1. The van der Waals surface area contributed by atoms with Gasteiger partial charge in [0.25, 0.3) is 0 Å². The van der Waals surface area contributed by atoms with Crippen LogP contribution < -0.4 is 5.32 Å². The summed E-state index contributed by atoms with van der Waals surface area (Å²) in [4.78, 5) is 14.5. The van der Waals surface area contributed by atoms with Gasteiger partial charge in [-0.25, -0.2) is 0 Å². The standard InChI is InChI=1S/C19H25N3O3/c20-10-14-4-6-15(7-5-14)11-21-19(24)12-22-8-9-25-13-17(22)16-2-1-3-18(16)23/h4-7,16-18,23H,1-3,8-9,11-13H2,(H,21,24)/t16-,17+,18+/m0/s1. The molecule has 0 radical (unpaired) electrons. The molecule has 1 aromatic carbocycles. The van der Waals surface area contributed by atoms with Crippen LogP contribution >= 0.6 is 0 Å². The molecule has 25 heavy (non-hydrogen) atoms. The van der Waals surface area contributed by atoms with Crippen molar-refractivity contribution in [1.82, 2.24) is 10.2 Å². The largest absolute Gasteiger partial charge is 0.393 e. The van der Waals surface area contributed by atoms with Crippen LogP contribution in [0.15, 0.2) is 24.3 Å². The lowest BCUT2D eigenvalue weighted by molar-refractivity contribution is -0.126. The molecule has 1 saturated heterocycles. The molecule has 0 bridgehead atoms.